The monoisotopic (exact) mass is 594 g/mol. The highest BCUT2D eigenvalue weighted by molar-refractivity contribution is 6.35. The lowest BCUT2D eigenvalue weighted by Crippen LogP contribution is -2.53. The van der Waals surface area contributed by atoms with E-state index in [1.165, 1.54) is 39.8 Å². The lowest BCUT2D eigenvalue weighted by Gasteiger charge is -2.38. The Kier molecular flexibility index (Phi) is 7.79. The van der Waals surface area contributed by atoms with Crippen molar-refractivity contribution in [1.29, 1.82) is 0 Å². The van der Waals surface area contributed by atoms with Gasteiger partial charge in [-0.1, -0.05) is 30.7 Å². The lowest BCUT2D eigenvalue weighted by atomic mass is 9.69. The van der Waals surface area contributed by atoms with Crippen LogP contribution in [-0.4, -0.2) is 59.5 Å². The van der Waals surface area contributed by atoms with Crippen LogP contribution < -0.4 is 18.9 Å². The van der Waals surface area contributed by atoms with Gasteiger partial charge in [0.15, 0.2) is 17.3 Å². The van der Waals surface area contributed by atoms with Gasteiger partial charge in [0.1, 0.15) is 27.8 Å². The van der Waals surface area contributed by atoms with Crippen LogP contribution in [0.15, 0.2) is 60.1 Å². The van der Waals surface area contributed by atoms with Crippen LogP contribution in [0.5, 0.6) is 29.0 Å². The van der Waals surface area contributed by atoms with Crippen LogP contribution in [0.2, 0.25) is 5.02 Å². The molecule has 1 aromatic heterocycles. The molecule has 218 valence electrons. The molecule has 12 heteroatoms. The molecular weight excluding hydrogens is 568 g/mol. The van der Waals surface area contributed by atoms with Gasteiger partial charge in [0.05, 0.1) is 27.8 Å². The van der Waals surface area contributed by atoms with E-state index in [2.05, 4.69) is 9.97 Å². The van der Waals surface area contributed by atoms with Gasteiger partial charge in [-0.3, -0.25) is 14.4 Å². The summed E-state index contributed by atoms with van der Waals surface area (Å²) in [5.74, 6) is -3.56. The van der Waals surface area contributed by atoms with Crippen LogP contribution in [0.25, 0.3) is 0 Å². The van der Waals surface area contributed by atoms with Gasteiger partial charge in [-0.05, 0) is 23.8 Å². The van der Waals surface area contributed by atoms with Crippen molar-refractivity contribution in [3.63, 3.8) is 0 Å². The zero-order valence-electron chi connectivity index (χ0n) is 23.2. The van der Waals surface area contributed by atoms with Crippen molar-refractivity contribution in [2.45, 2.75) is 31.3 Å². The molecule has 0 bridgehead atoms. The Bertz CT molecular complexity index is 1610. The summed E-state index contributed by atoms with van der Waals surface area (Å²) in [5, 5.41) is 11.9. The molecule has 3 atom stereocenters. The number of nitrogens with zero attached hydrogens (tertiary/aromatic N) is 2. The van der Waals surface area contributed by atoms with Crippen molar-refractivity contribution >= 4 is 29.1 Å². The molecule has 2 heterocycles. The normalized spacial score (nSPS) is 20.2. The maximum atomic E-state index is 14.1. The second-order valence-corrected chi connectivity index (χ2v) is 10.2. The maximum absolute atomic E-state index is 14.1. The quantitative estimate of drug-likeness (QED) is 0.351. The third kappa shape index (κ3) is 4.69. The Labute approximate surface area is 246 Å². The number of aliphatic hydroxyl groups is 1. The number of halogens is 1. The van der Waals surface area contributed by atoms with Crippen molar-refractivity contribution < 1.29 is 43.2 Å². The standard InChI is InChI=1S/C30H27ClN2O9/c1-15-11-19(34)23(27(36)30(15)28(37)24-20(38-2)14-21(39-3)25(31)26(24)42-30)18(13-22(35)40-4)16-7-5-8-17(12-16)41-29-32-9-6-10-33-29/h5-10,12,14-15,18,36H,11,13H2,1-4H3. The number of ether oxygens (including phenoxy) is 5. The Morgan fingerprint density at radius 2 is 1.83 bits per heavy atom. The van der Waals surface area contributed by atoms with Gasteiger partial charge in [-0.15, -0.1) is 0 Å². The third-order valence-electron chi connectivity index (χ3n) is 7.47. The Hall–Kier alpha value is -4.64. The molecule has 5 rings (SSSR count). The number of hydrogen-bond donors (Lipinski definition) is 1. The number of hydrogen-bond acceptors (Lipinski definition) is 11. The number of esters is 1. The number of benzene rings is 2. The van der Waals surface area contributed by atoms with Gasteiger partial charge in [0.2, 0.25) is 11.4 Å². The van der Waals surface area contributed by atoms with Crippen LogP contribution in [0.3, 0.4) is 0 Å². The number of carbonyl (C=O) groups excluding carboxylic acids is 3. The molecule has 1 N–H and O–H groups in total. The first kappa shape index (κ1) is 28.9. The molecule has 3 unspecified atom stereocenters. The SMILES string of the molecule is COC(=O)CC(C1=C(O)C2(Oc3c(Cl)c(OC)cc(OC)c3C2=O)C(C)CC1=O)c1cccc(Oc2ncccn2)c1. The highest BCUT2D eigenvalue weighted by Crippen LogP contribution is 2.55. The average molecular weight is 595 g/mol. The second-order valence-electron chi connectivity index (χ2n) is 9.80. The fraction of sp³-hybridized carbons (Fsp3) is 0.300. The van der Waals surface area contributed by atoms with Gasteiger partial charge in [0, 0.05) is 42.3 Å². The summed E-state index contributed by atoms with van der Waals surface area (Å²) < 4.78 is 27.6. The van der Waals surface area contributed by atoms with E-state index in [0.717, 1.165) is 0 Å². The molecule has 0 fully saturated rings. The molecule has 42 heavy (non-hydrogen) atoms. The third-order valence-corrected chi connectivity index (χ3v) is 7.83. The van der Waals surface area contributed by atoms with E-state index < -0.39 is 40.7 Å². The topological polar surface area (TPSA) is 143 Å². The molecule has 11 nitrogen and oxygen atoms in total. The summed E-state index contributed by atoms with van der Waals surface area (Å²) in [5.41, 5.74) is -1.71. The largest absolute Gasteiger partial charge is 0.507 e. The van der Waals surface area contributed by atoms with E-state index in [9.17, 15) is 19.5 Å². The van der Waals surface area contributed by atoms with Gasteiger partial charge in [-0.25, -0.2) is 9.97 Å². The van der Waals surface area contributed by atoms with Gasteiger partial charge < -0.3 is 28.8 Å². The van der Waals surface area contributed by atoms with Crippen LogP contribution in [0.4, 0.5) is 0 Å². The highest BCUT2D eigenvalue weighted by atomic mass is 35.5. The summed E-state index contributed by atoms with van der Waals surface area (Å²) in [6, 6.07) is 9.75. The number of Topliss-reactive ketones (excluding diaryl/α,β-unsaturated/α-hetero) is 2. The molecule has 1 spiro atoms. The van der Waals surface area contributed by atoms with Crippen LogP contribution in [0.1, 0.15) is 41.6 Å². The fourth-order valence-corrected chi connectivity index (χ4v) is 5.68. The second kappa shape index (κ2) is 11.3. The predicted octanol–water partition coefficient (Wildman–Crippen LogP) is 5.02. The molecule has 0 saturated heterocycles. The highest BCUT2D eigenvalue weighted by Gasteiger charge is 2.61. The Morgan fingerprint density at radius 3 is 2.50 bits per heavy atom. The minimum absolute atomic E-state index is 0.0102. The van der Waals surface area contributed by atoms with E-state index in [-0.39, 0.29) is 52.3 Å². The van der Waals surface area contributed by atoms with Gasteiger partial charge in [-0.2, -0.15) is 0 Å². The molecule has 3 aromatic rings. The Balaban J connectivity index is 1.66. The zero-order chi connectivity index (χ0) is 30.2. The molecular formula is C30H27ClN2O9. The van der Waals surface area contributed by atoms with Crippen molar-refractivity contribution in [3.05, 3.63) is 76.3 Å². The van der Waals surface area contributed by atoms with Crippen molar-refractivity contribution in [3.8, 4) is 29.0 Å². The predicted molar refractivity (Wildman–Crippen MR) is 149 cm³/mol. The molecule has 0 amide bonds. The number of aliphatic hydroxyl groups excluding tert-OH is 1. The van der Waals surface area contributed by atoms with Crippen molar-refractivity contribution in [1.82, 2.24) is 9.97 Å². The smallest absolute Gasteiger partial charge is 0.321 e. The van der Waals surface area contributed by atoms with Crippen molar-refractivity contribution in [2.24, 2.45) is 5.92 Å². The summed E-state index contributed by atoms with van der Waals surface area (Å²) in [7, 11) is 3.99. The van der Waals surface area contributed by atoms with Crippen LogP contribution >= 0.6 is 11.6 Å². The number of aromatic nitrogens is 2. The molecule has 2 aromatic carbocycles. The van der Waals surface area contributed by atoms with E-state index in [1.54, 1.807) is 37.3 Å². The molecule has 1 aliphatic carbocycles. The Morgan fingerprint density at radius 1 is 1.12 bits per heavy atom. The summed E-state index contributed by atoms with van der Waals surface area (Å²) in [4.78, 5) is 48.5. The first-order valence-corrected chi connectivity index (χ1v) is 13.3. The summed E-state index contributed by atoms with van der Waals surface area (Å²) in [6.45, 7) is 1.62. The lowest BCUT2D eigenvalue weighted by molar-refractivity contribution is -0.140. The average Bonchev–Trinajstić information content (AvgIpc) is 3.31. The number of ketones is 2. The van der Waals surface area contributed by atoms with E-state index in [4.69, 9.17) is 35.3 Å². The number of carbonyl (C=O) groups is 3. The fourth-order valence-electron chi connectivity index (χ4n) is 5.41. The number of rotatable bonds is 8. The zero-order valence-corrected chi connectivity index (χ0v) is 23.9. The van der Waals surface area contributed by atoms with Gasteiger partial charge in [0.25, 0.3) is 0 Å². The number of fused-ring (bicyclic) bond motifs is 1. The summed E-state index contributed by atoms with van der Waals surface area (Å²) >= 11 is 6.53. The maximum Gasteiger partial charge on any atom is 0.321 e. The molecule has 2 aliphatic rings. The van der Waals surface area contributed by atoms with Crippen molar-refractivity contribution in [2.75, 3.05) is 21.3 Å². The summed E-state index contributed by atoms with van der Waals surface area (Å²) in [6.07, 6.45) is 2.55. The van der Waals surface area contributed by atoms with E-state index >= 15 is 0 Å². The minimum atomic E-state index is -2.00. The number of methoxy groups -OCH3 is 3. The molecule has 0 saturated carbocycles. The van der Waals surface area contributed by atoms with Gasteiger partial charge >= 0.3 is 12.0 Å². The number of allylic oxidation sites excluding steroid dienone is 1. The first-order valence-electron chi connectivity index (χ1n) is 12.9. The first-order chi connectivity index (χ1) is 20.2. The van der Waals surface area contributed by atoms with Crippen LogP contribution in [0, 0.1) is 5.92 Å². The molecule has 0 radical (unpaired) electrons. The molecule has 1 aliphatic heterocycles. The van der Waals surface area contributed by atoms with E-state index in [1.807, 2.05) is 0 Å². The van der Waals surface area contributed by atoms with Crippen LogP contribution in [-0.2, 0) is 14.3 Å². The van der Waals surface area contributed by atoms with E-state index in [0.29, 0.717) is 11.3 Å². The minimum Gasteiger partial charge on any atom is -0.507 e.